The molecular formula is C12H17N5O. The van der Waals surface area contributed by atoms with Gasteiger partial charge in [0.1, 0.15) is 11.9 Å². The fraction of sp³-hybridized carbons (Fsp3) is 0.583. The minimum absolute atomic E-state index is 0.177. The highest BCUT2D eigenvalue weighted by Crippen LogP contribution is 2.06. The molecule has 1 atom stereocenters. The van der Waals surface area contributed by atoms with E-state index in [-0.39, 0.29) is 6.10 Å². The van der Waals surface area contributed by atoms with E-state index in [2.05, 4.69) is 27.1 Å². The lowest BCUT2D eigenvalue weighted by molar-refractivity contribution is -0.0192. The number of nitriles is 1. The van der Waals surface area contributed by atoms with Gasteiger partial charge in [-0.1, -0.05) is 6.92 Å². The Morgan fingerprint density at radius 3 is 3.11 bits per heavy atom. The van der Waals surface area contributed by atoms with Crippen molar-refractivity contribution in [1.29, 1.82) is 5.26 Å². The van der Waals surface area contributed by atoms with Gasteiger partial charge in [-0.05, 0) is 6.54 Å². The Hall–Kier alpha value is -1.71. The molecule has 1 aliphatic heterocycles. The van der Waals surface area contributed by atoms with E-state index >= 15 is 0 Å². The zero-order valence-corrected chi connectivity index (χ0v) is 10.5. The number of ether oxygens (including phenoxy) is 1. The van der Waals surface area contributed by atoms with Crippen LogP contribution >= 0.6 is 0 Å². The van der Waals surface area contributed by atoms with Crippen LogP contribution in [0.5, 0.6) is 0 Å². The van der Waals surface area contributed by atoms with Crippen LogP contribution < -0.4 is 5.32 Å². The molecule has 96 valence electrons. The number of likely N-dealkylation sites (N-methyl/N-ethyl adjacent to an activating group) is 1. The molecule has 0 bridgehead atoms. The van der Waals surface area contributed by atoms with E-state index in [1.807, 2.05) is 6.07 Å². The van der Waals surface area contributed by atoms with E-state index in [9.17, 15) is 0 Å². The second kappa shape index (κ2) is 6.28. The van der Waals surface area contributed by atoms with Crippen LogP contribution in [0, 0.1) is 11.3 Å². The molecule has 0 aliphatic carbocycles. The lowest BCUT2D eigenvalue weighted by Crippen LogP contribution is -2.45. The zero-order valence-electron chi connectivity index (χ0n) is 10.5. The van der Waals surface area contributed by atoms with Gasteiger partial charge in [0.2, 0.25) is 0 Å². The van der Waals surface area contributed by atoms with E-state index < -0.39 is 0 Å². The number of anilines is 1. The molecule has 1 aromatic rings. The first-order valence-corrected chi connectivity index (χ1v) is 6.11. The number of aromatic nitrogens is 2. The van der Waals surface area contributed by atoms with Crippen molar-refractivity contribution < 1.29 is 4.74 Å². The lowest BCUT2D eigenvalue weighted by atomic mass is 10.2. The SMILES string of the molecule is CCN1CCOC(CNc2cnc(C#N)cn2)C1. The molecule has 6 nitrogen and oxygen atoms in total. The van der Waals surface area contributed by atoms with Crippen LogP contribution in [-0.4, -0.2) is 53.8 Å². The zero-order chi connectivity index (χ0) is 12.8. The Kier molecular flexibility index (Phi) is 4.45. The van der Waals surface area contributed by atoms with E-state index in [0.29, 0.717) is 18.1 Å². The number of morpholine rings is 1. The van der Waals surface area contributed by atoms with Gasteiger partial charge in [-0.15, -0.1) is 0 Å². The van der Waals surface area contributed by atoms with Crippen LogP contribution in [0.4, 0.5) is 5.82 Å². The first kappa shape index (κ1) is 12.7. The predicted octanol–water partition coefficient (Wildman–Crippen LogP) is 0.481. The average Bonchev–Trinajstić information content (AvgIpc) is 2.46. The van der Waals surface area contributed by atoms with Gasteiger partial charge in [0.25, 0.3) is 0 Å². The molecular weight excluding hydrogens is 230 g/mol. The van der Waals surface area contributed by atoms with Gasteiger partial charge < -0.3 is 10.1 Å². The van der Waals surface area contributed by atoms with Crippen molar-refractivity contribution in [2.24, 2.45) is 0 Å². The summed E-state index contributed by atoms with van der Waals surface area (Å²) in [6.45, 7) is 6.63. The fourth-order valence-electron chi connectivity index (χ4n) is 1.89. The first-order chi connectivity index (χ1) is 8.81. The molecule has 1 fully saturated rings. The van der Waals surface area contributed by atoms with Gasteiger partial charge in [0, 0.05) is 19.6 Å². The minimum Gasteiger partial charge on any atom is -0.374 e. The molecule has 6 heteroatoms. The number of rotatable bonds is 4. The number of hydrogen-bond acceptors (Lipinski definition) is 6. The molecule has 1 saturated heterocycles. The van der Waals surface area contributed by atoms with E-state index in [1.54, 1.807) is 6.20 Å². The standard InChI is InChI=1S/C12H17N5O/c1-2-17-3-4-18-11(9-17)7-16-12-8-14-10(5-13)6-15-12/h6,8,11H,2-4,7,9H2,1H3,(H,15,16). The van der Waals surface area contributed by atoms with E-state index in [0.717, 1.165) is 26.2 Å². The third-order valence-corrected chi connectivity index (χ3v) is 2.95. The Morgan fingerprint density at radius 2 is 2.44 bits per heavy atom. The predicted molar refractivity (Wildman–Crippen MR) is 67.1 cm³/mol. The maximum absolute atomic E-state index is 8.62. The third kappa shape index (κ3) is 3.39. The van der Waals surface area contributed by atoms with Crippen LogP contribution in [0.15, 0.2) is 12.4 Å². The molecule has 1 aliphatic rings. The molecule has 0 aromatic carbocycles. The first-order valence-electron chi connectivity index (χ1n) is 6.11. The van der Waals surface area contributed by atoms with Gasteiger partial charge in [-0.2, -0.15) is 5.26 Å². The summed E-state index contributed by atoms with van der Waals surface area (Å²) in [7, 11) is 0. The highest BCUT2D eigenvalue weighted by molar-refractivity contribution is 5.33. The Labute approximate surface area is 107 Å². The van der Waals surface area contributed by atoms with Gasteiger partial charge in [-0.3, -0.25) is 4.90 Å². The van der Waals surface area contributed by atoms with Gasteiger partial charge in [-0.25, -0.2) is 9.97 Å². The summed E-state index contributed by atoms with van der Waals surface area (Å²) in [6, 6.07) is 1.94. The van der Waals surface area contributed by atoms with Crippen molar-refractivity contribution in [2.75, 3.05) is 38.1 Å². The van der Waals surface area contributed by atoms with Crippen molar-refractivity contribution in [3.05, 3.63) is 18.1 Å². The van der Waals surface area contributed by atoms with E-state index in [4.69, 9.17) is 10.00 Å². The molecule has 0 radical (unpaired) electrons. The molecule has 1 N–H and O–H groups in total. The molecule has 0 spiro atoms. The number of nitrogens with zero attached hydrogens (tertiary/aromatic N) is 4. The Balaban J connectivity index is 1.81. The normalized spacial score (nSPS) is 20.3. The summed E-state index contributed by atoms with van der Waals surface area (Å²) < 4.78 is 5.67. The smallest absolute Gasteiger partial charge is 0.158 e. The van der Waals surface area contributed by atoms with Crippen LogP contribution in [0.25, 0.3) is 0 Å². The van der Waals surface area contributed by atoms with Crippen molar-refractivity contribution in [2.45, 2.75) is 13.0 Å². The van der Waals surface area contributed by atoms with Crippen molar-refractivity contribution >= 4 is 5.82 Å². The van der Waals surface area contributed by atoms with Crippen molar-refractivity contribution in [1.82, 2.24) is 14.9 Å². The largest absolute Gasteiger partial charge is 0.374 e. The average molecular weight is 247 g/mol. The van der Waals surface area contributed by atoms with E-state index in [1.165, 1.54) is 6.20 Å². The number of hydrogen-bond donors (Lipinski definition) is 1. The second-order valence-corrected chi connectivity index (χ2v) is 4.17. The highest BCUT2D eigenvalue weighted by atomic mass is 16.5. The summed E-state index contributed by atoms with van der Waals surface area (Å²) >= 11 is 0. The maximum Gasteiger partial charge on any atom is 0.158 e. The summed E-state index contributed by atoms with van der Waals surface area (Å²) in [5.74, 6) is 0.672. The molecule has 18 heavy (non-hydrogen) atoms. The fourth-order valence-corrected chi connectivity index (χ4v) is 1.89. The van der Waals surface area contributed by atoms with Crippen LogP contribution in [0.1, 0.15) is 12.6 Å². The minimum atomic E-state index is 0.177. The monoisotopic (exact) mass is 247 g/mol. The second-order valence-electron chi connectivity index (χ2n) is 4.17. The van der Waals surface area contributed by atoms with Crippen LogP contribution in [-0.2, 0) is 4.74 Å². The third-order valence-electron chi connectivity index (χ3n) is 2.95. The lowest BCUT2D eigenvalue weighted by Gasteiger charge is -2.32. The van der Waals surface area contributed by atoms with Gasteiger partial charge in [0.15, 0.2) is 5.69 Å². The summed E-state index contributed by atoms with van der Waals surface area (Å²) in [6.07, 6.45) is 3.21. The molecule has 1 unspecified atom stereocenters. The Morgan fingerprint density at radius 1 is 1.56 bits per heavy atom. The molecule has 2 rings (SSSR count). The highest BCUT2D eigenvalue weighted by Gasteiger charge is 2.18. The molecule has 1 aromatic heterocycles. The summed E-state index contributed by atoms with van der Waals surface area (Å²) in [4.78, 5) is 10.4. The summed E-state index contributed by atoms with van der Waals surface area (Å²) in [5, 5.41) is 11.8. The van der Waals surface area contributed by atoms with Crippen molar-refractivity contribution in [3.8, 4) is 6.07 Å². The van der Waals surface area contributed by atoms with Gasteiger partial charge >= 0.3 is 0 Å². The summed E-state index contributed by atoms with van der Waals surface area (Å²) in [5.41, 5.74) is 0.326. The topological polar surface area (TPSA) is 74.1 Å². The number of nitrogens with one attached hydrogen (secondary N) is 1. The molecule has 0 saturated carbocycles. The quantitative estimate of drug-likeness (QED) is 0.834. The molecule has 0 amide bonds. The van der Waals surface area contributed by atoms with Crippen molar-refractivity contribution in [3.63, 3.8) is 0 Å². The maximum atomic E-state index is 8.62. The van der Waals surface area contributed by atoms with Crippen LogP contribution in [0.2, 0.25) is 0 Å². The Bertz CT molecular complexity index is 413. The van der Waals surface area contributed by atoms with Gasteiger partial charge in [0.05, 0.1) is 25.1 Å². The van der Waals surface area contributed by atoms with Crippen LogP contribution in [0.3, 0.4) is 0 Å². The molecule has 2 heterocycles.